The van der Waals surface area contributed by atoms with Gasteiger partial charge in [-0.1, -0.05) is 42.5 Å². The van der Waals surface area contributed by atoms with Crippen molar-refractivity contribution in [1.82, 2.24) is 0 Å². The van der Waals surface area contributed by atoms with Gasteiger partial charge in [0.1, 0.15) is 16.4 Å². The summed E-state index contributed by atoms with van der Waals surface area (Å²) in [4.78, 5) is 14.3. The zero-order chi connectivity index (χ0) is 17.6. The van der Waals surface area contributed by atoms with Gasteiger partial charge < -0.3 is 14.8 Å². The maximum atomic E-state index is 12.8. The molecule has 25 heavy (non-hydrogen) atoms. The lowest BCUT2D eigenvalue weighted by Crippen LogP contribution is -2.12. The molecule has 0 bridgehead atoms. The van der Waals surface area contributed by atoms with Crippen LogP contribution in [-0.2, 0) is 0 Å². The molecule has 2 aromatic carbocycles. The van der Waals surface area contributed by atoms with Crippen LogP contribution in [0.5, 0.6) is 11.5 Å². The number of carbonyl (C=O) groups excluding carboxylic acids is 1. The van der Waals surface area contributed by atoms with Crippen LogP contribution in [0.4, 0.5) is 5.69 Å². The first-order chi connectivity index (χ1) is 12.2. The third-order valence-corrected chi connectivity index (χ3v) is 4.78. The maximum Gasteiger partial charge on any atom is 0.269 e. The first kappa shape index (κ1) is 17.0. The molecule has 0 atom stereocenters. The van der Waals surface area contributed by atoms with Crippen LogP contribution in [0, 0.1) is 0 Å². The minimum Gasteiger partial charge on any atom is -0.495 e. The summed E-state index contributed by atoms with van der Waals surface area (Å²) in [6.07, 6.45) is 0. The number of rotatable bonds is 6. The van der Waals surface area contributed by atoms with Crippen molar-refractivity contribution in [1.29, 1.82) is 0 Å². The highest BCUT2D eigenvalue weighted by atomic mass is 32.1. The number of nitrogens with one attached hydrogen (secondary N) is 1. The van der Waals surface area contributed by atoms with Crippen molar-refractivity contribution in [3.05, 3.63) is 65.5 Å². The van der Waals surface area contributed by atoms with E-state index in [0.717, 1.165) is 10.4 Å². The molecule has 1 N–H and O–H groups in total. The Morgan fingerprint density at radius 2 is 1.76 bits per heavy atom. The molecule has 0 spiro atoms. The molecular weight excluding hydrogens is 334 g/mol. The van der Waals surface area contributed by atoms with E-state index in [-0.39, 0.29) is 5.91 Å². The number of benzene rings is 2. The predicted octanol–water partition coefficient (Wildman–Crippen LogP) is 5.07. The topological polar surface area (TPSA) is 47.6 Å². The Morgan fingerprint density at radius 1 is 1.04 bits per heavy atom. The van der Waals surface area contributed by atoms with Gasteiger partial charge in [0.15, 0.2) is 0 Å². The number of methoxy groups -OCH3 is 1. The first-order valence-electron chi connectivity index (χ1n) is 7.99. The van der Waals surface area contributed by atoms with Gasteiger partial charge >= 0.3 is 0 Å². The molecule has 4 nitrogen and oxygen atoms in total. The number of amides is 1. The Labute approximate surface area is 151 Å². The van der Waals surface area contributed by atoms with E-state index in [9.17, 15) is 4.79 Å². The van der Waals surface area contributed by atoms with E-state index in [1.807, 2.05) is 67.6 Å². The van der Waals surface area contributed by atoms with E-state index in [1.165, 1.54) is 11.3 Å². The van der Waals surface area contributed by atoms with E-state index >= 15 is 0 Å². The van der Waals surface area contributed by atoms with E-state index < -0.39 is 0 Å². The molecule has 0 fully saturated rings. The third kappa shape index (κ3) is 3.83. The third-order valence-electron chi connectivity index (χ3n) is 3.62. The SMILES string of the molecule is CCOc1cc(-c2ccccc2)sc1C(=O)Nc1ccccc1OC. The summed E-state index contributed by atoms with van der Waals surface area (Å²) in [6, 6.07) is 19.2. The van der Waals surface area contributed by atoms with Gasteiger partial charge in [0.05, 0.1) is 19.4 Å². The largest absolute Gasteiger partial charge is 0.495 e. The van der Waals surface area contributed by atoms with Crippen molar-refractivity contribution in [3.63, 3.8) is 0 Å². The number of hydrogen-bond donors (Lipinski definition) is 1. The van der Waals surface area contributed by atoms with Crippen LogP contribution in [-0.4, -0.2) is 19.6 Å². The van der Waals surface area contributed by atoms with Gasteiger partial charge in [-0.25, -0.2) is 0 Å². The summed E-state index contributed by atoms with van der Waals surface area (Å²) in [5.41, 5.74) is 1.69. The van der Waals surface area contributed by atoms with E-state index in [2.05, 4.69) is 5.32 Å². The van der Waals surface area contributed by atoms with Gasteiger partial charge in [-0.15, -0.1) is 11.3 Å². The predicted molar refractivity (Wildman–Crippen MR) is 102 cm³/mol. The molecular formula is C20H19NO3S. The fourth-order valence-corrected chi connectivity index (χ4v) is 3.47. The standard InChI is InChI=1S/C20H19NO3S/c1-3-24-17-13-18(14-9-5-4-6-10-14)25-19(17)20(22)21-15-11-7-8-12-16(15)23-2/h4-13H,3H2,1-2H3,(H,21,22). The number of para-hydroxylation sites is 2. The lowest BCUT2D eigenvalue weighted by atomic mass is 10.2. The molecule has 1 heterocycles. The van der Waals surface area contributed by atoms with Gasteiger partial charge in [-0.3, -0.25) is 4.79 Å². The smallest absolute Gasteiger partial charge is 0.269 e. The molecule has 0 unspecified atom stereocenters. The van der Waals surface area contributed by atoms with Crippen LogP contribution in [0.3, 0.4) is 0 Å². The Bertz CT molecular complexity index is 858. The second kappa shape index (κ2) is 7.85. The van der Waals surface area contributed by atoms with Gasteiger partial charge in [0, 0.05) is 4.88 Å². The van der Waals surface area contributed by atoms with Gasteiger partial charge in [0.2, 0.25) is 0 Å². The molecule has 1 amide bonds. The molecule has 128 valence electrons. The first-order valence-corrected chi connectivity index (χ1v) is 8.81. The van der Waals surface area contributed by atoms with Crippen molar-refractivity contribution < 1.29 is 14.3 Å². The van der Waals surface area contributed by atoms with Crippen LogP contribution >= 0.6 is 11.3 Å². The molecule has 0 saturated heterocycles. The zero-order valence-corrected chi connectivity index (χ0v) is 14.9. The quantitative estimate of drug-likeness (QED) is 0.673. The highest BCUT2D eigenvalue weighted by Crippen LogP contribution is 2.37. The summed E-state index contributed by atoms with van der Waals surface area (Å²) < 4.78 is 11.0. The van der Waals surface area contributed by atoms with E-state index in [1.54, 1.807) is 7.11 Å². The second-order valence-corrected chi connectivity index (χ2v) is 6.31. The number of carbonyl (C=O) groups is 1. The lowest BCUT2D eigenvalue weighted by Gasteiger charge is -2.10. The lowest BCUT2D eigenvalue weighted by molar-refractivity contribution is 0.102. The van der Waals surface area contributed by atoms with Crippen molar-refractivity contribution in [3.8, 4) is 21.9 Å². The van der Waals surface area contributed by atoms with E-state index in [4.69, 9.17) is 9.47 Å². The summed E-state index contributed by atoms with van der Waals surface area (Å²) in [5.74, 6) is 1.01. The molecule has 3 aromatic rings. The monoisotopic (exact) mass is 353 g/mol. The van der Waals surface area contributed by atoms with Crippen LogP contribution in [0.2, 0.25) is 0 Å². The number of ether oxygens (including phenoxy) is 2. The molecule has 0 aliphatic carbocycles. The summed E-state index contributed by atoms with van der Waals surface area (Å²) >= 11 is 1.42. The van der Waals surface area contributed by atoms with E-state index in [0.29, 0.717) is 28.7 Å². The minimum absolute atomic E-state index is 0.208. The normalized spacial score (nSPS) is 10.3. The minimum atomic E-state index is -0.208. The van der Waals surface area contributed by atoms with Crippen LogP contribution in [0.25, 0.3) is 10.4 Å². The Hall–Kier alpha value is -2.79. The molecule has 0 aliphatic rings. The fourth-order valence-electron chi connectivity index (χ4n) is 2.47. The molecule has 0 radical (unpaired) electrons. The van der Waals surface area contributed by atoms with Crippen LogP contribution < -0.4 is 14.8 Å². The Balaban J connectivity index is 1.92. The summed E-state index contributed by atoms with van der Waals surface area (Å²) in [5, 5.41) is 2.91. The van der Waals surface area contributed by atoms with Crippen molar-refractivity contribution in [2.75, 3.05) is 19.0 Å². The molecule has 1 aromatic heterocycles. The Kier molecular flexibility index (Phi) is 5.36. The van der Waals surface area contributed by atoms with Crippen LogP contribution in [0.1, 0.15) is 16.6 Å². The van der Waals surface area contributed by atoms with Gasteiger partial charge in [-0.2, -0.15) is 0 Å². The number of thiophene rings is 1. The van der Waals surface area contributed by atoms with Gasteiger partial charge in [0.25, 0.3) is 5.91 Å². The van der Waals surface area contributed by atoms with Crippen molar-refractivity contribution >= 4 is 22.9 Å². The molecule has 5 heteroatoms. The maximum absolute atomic E-state index is 12.8. The van der Waals surface area contributed by atoms with Gasteiger partial charge in [-0.05, 0) is 30.7 Å². The highest BCUT2D eigenvalue weighted by Gasteiger charge is 2.19. The molecule has 3 rings (SSSR count). The average Bonchev–Trinajstić information content (AvgIpc) is 3.07. The summed E-state index contributed by atoms with van der Waals surface area (Å²) in [7, 11) is 1.58. The number of anilines is 1. The van der Waals surface area contributed by atoms with Crippen molar-refractivity contribution in [2.24, 2.45) is 0 Å². The fraction of sp³-hybridized carbons (Fsp3) is 0.150. The summed E-state index contributed by atoms with van der Waals surface area (Å²) in [6.45, 7) is 2.40. The second-order valence-electron chi connectivity index (χ2n) is 5.26. The van der Waals surface area contributed by atoms with Crippen LogP contribution in [0.15, 0.2) is 60.7 Å². The molecule has 0 saturated carbocycles. The van der Waals surface area contributed by atoms with Crippen molar-refractivity contribution in [2.45, 2.75) is 6.92 Å². The average molecular weight is 353 g/mol. The number of hydrogen-bond acceptors (Lipinski definition) is 4. The highest BCUT2D eigenvalue weighted by molar-refractivity contribution is 7.17. The molecule has 0 aliphatic heterocycles. The zero-order valence-electron chi connectivity index (χ0n) is 14.1. The Morgan fingerprint density at radius 3 is 2.48 bits per heavy atom.